The van der Waals surface area contributed by atoms with E-state index in [-0.39, 0.29) is 11.9 Å². The molecule has 0 unspecified atom stereocenters. The Labute approximate surface area is 158 Å². The fourth-order valence-corrected chi connectivity index (χ4v) is 3.08. The monoisotopic (exact) mass is 362 g/mol. The lowest BCUT2D eigenvalue weighted by molar-refractivity contribution is 0.0498. The molecule has 3 aromatic rings. The highest BCUT2D eigenvalue weighted by atomic mass is 16.5. The van der Waals surface area contributed by atoms with E-state index in [2.05, 4.69) is 10.3 Å². The van der Waals surface area contributed by atoms with Gasteiger partial charge in [0.15, 0.2) is 0 Å². The van der Waals surface area contributed by atoms with Crippen LogP contribution in [0.4, 0.5) is 0 Å². The molecule has 0 aliphatic carbocycles. The van der Waals surface area contributed by atoms with Gasteiger partial charge in [-0.25, -0.2) is 4.68 Å². The number of para-hydroxylation sites is 1. The maximum absolute atomic E-state index is 12.6. The van der Waals surface area contributed by atoms with Crippen LogP contribution < -0.4 is 4.74 Å². The van der Waals surface area contributed by atoms with Crippen molar-refractivity contribution in [3.63, 3.8) is 0 Å². The normalized spacial score (nSPS) is 14.1. The number of ether oxygens (including phenoxy) is 1. The predicted molar refractivity (Wildman–Crippen MR) is 102 cm³/mol. The molecule has 0 spiro atoms. The van der Waals surface area contributed by atoms with Crippen LogP contribution in [0.25, 0.3) is 0 Å². The first-order valence-electron chi connectivity index (χ1n) is 9.05. The lowest BCUT2D eigenvalue weighted by atomic mass is 10.0. The van der Waals surface area contributed by atoms with Crippen molar-refractivity contribution < 1.29 is 9.53 Å². The summed E-state index contributed by atoms with van der Waals surface area (Å²) >= 11 is 0. The van der Waals surface area contributed by atoms with Crippen LogP contribution in [-0.4, -0.2) is 38.9 Å². The van der Waals surface area contributed by atoms with E-state index in [0.29, 0.717) is 19.7 Å². The largest absolute Gasteiger partial charge is 0.487 e. The van der Waals surface area contributed by atoms with Gasteiger partial charge < -0.3 is 9.64 Å². The Morgan fingerprint density at radius 3 is 2.63 bits per heavy atom. The van der Waals surface area contributed by atoms with Gasteiger partial charge in [0.25, 0.3) is 5.91 Å². The summed E-state index contributed by atoms with van der Waals surface area (Å²) in [5.74, 6) is 0.878. The van der Waals surface area contributed by atoms with E-state index in [1.165, 1.54) is 5.56 Å². The molecule has 1 aliphatic heterocycles. The second kappa shape index (κ2) is 7.23. The minimum absolute atomic E-state index is 0.0714. The molecule has 0 bridgehead atoms. The van der Waals surface area contributed by atoms with E-state index in [0.717, 1.165) is 22.6 Å². The first kappa shape index (κ1) is 17.3. The van der Waals surface area contributed by atoms with Gasteiger partial charge in [-0.2, -0.15) is 0 Å². The SMILES string of the molecule is Cc1ccc(C(=O)N2CC(n3cc(COc4ccccc4)nn3)C2)cc1C. The lowest BCUT2D eigenvalue weighted by Gasteiger charge is -2.38. The molecule has 0 N–H and O–H groups in total. The van der Waals surface area contributed by atoms with E-state index in [9.17, 15) is 4.79 Å². The fourth-order valence-electron chi connectivity index (χ4n) is 3.08. The predicted octanol–water partition coefficient (Wildman–Crippen LogP) is 3.17. The van der Waals surface area contributed by atoms with Crippen LogP contribution in [0, 0.1) is 13.8 Å². The van der Waals surface area contributed by atoms with Crippen molar-refractivity contribution in [2.24, 2.45) is 0 Å². The van der Waals surface area contributed by atoms with Crippen molar-refractivity contribution in [2.75, 3.05) is 13.1 Å². The second-order valence-corrected chi connectivity index (χ2v) is 6.95. The third kappa shape index (κ3) is 3.69. The Hall–Kier alpha value is -3.15. The van der Waals surface area contributed by atoms with Gasteiger partial charge in [0, 0.05) is 18.7 Å². The molecule has 0 radical (unpaired) electrons. The number of likely N-dealkylation sites (tertiary alicyclic amines) is 1. The van der Waals surface area contributed by atoms with Gasteiger partial charge in [0.2, 0.25) is 0 Å². The van der Waals surface area contributed by atoms with Crippen LogP contribution in [-0.2, 0) is 6.61 Å². The number of rotatable bonds is 5. The lowest BCUT2D eigenvalue weighted by Crippen LogP contribution is -2.50. The molecule has 6 nitrogen and oxygen atoms in total. The number of hydrogen-bond donors (Lipinski definition) is 0. The topological polar surface area (TPSA) is 60.2 Å². The molecule has 0 atom stereocenters. The van der Waals surface area contributed by atoms with Crippen LogP contribution in [0.2, 0.25) is 0 Å². The van der Waals surface area contributed by atoms with Gasteiger partial charge in [0.05, 0.1) is 12.2 Å². The summed E-state index contributed by atoms with van der Waals surface area (Å²) in [6.45, 7) is 5.75. The van der Waals surface area contributed by atoms with Crippen molar-refractivity contribution in [3.8, 4) is 5.75 Å². The number of benzene rings is 2. The Bertz CT molecular complexity index is 946. The molecular weight excluding hydrogens is 340 g/mol. The molecule has 2 heterocycles. The maximum atomic E-state index is 12.6. The first-order chi connectivity index (χ1) is 13.1. The van der Waals surface area contributed by atoms with Gasteiger partial charge in [-0.15, -0.1) is 5.10 Å². The van der Waals surface area contributed by atoms with Crippen molar-refractivity contribution >= 4 is 5.91 Å². The Kier molecular flexibility index (Phi) is 4.62. The third-order valence-corrected chi connectivity index (χ3v) is 4.97. The van der Waals surface area contributed by atoms with Gasteiger partial charge in [-0.3, -0.25) is 4.79 Å². The zero-order valence-electron chi connectivity index (χ0n) is 15.5. The molecule has 1 saturated heterocycles. The second-order valence-electron chi connectivity index (χ2n) is 6.95. The van der Waals surface area contributed by atoms with E-state index in [1.807, 2.05) is 78.2 Å². The van der Waals surface area contributed by atoms with Crippen molar-refractivity contribution in [1.29, 1.82) is 0 Å². The zero-order chi connectivity index (χ0) is 18.8. The first-order valence-corrected chi connectivity index (χ1v) is 9.05. The number of carbonyl (C=O) groups is 1. The smallest absolute Gasteiger partial charge is 0.254 e. The molecule has 0 saturated carbocycles. The highest BCUT2D eigenvalue weighted by Crippen LogP contribution is 2.23. The van der Waals surface area contributed by atoms with E-state index in [1.54, 1.807) is 0 Å². The van der Waals surface area contributed by atoms with E-state index in [4.69, 9.17) is 4.74 Å². The summed E-state index contributed by atoms with van der Waals surface area (Å²) in [4.78, 5) is 14.4. The minimum Gasteiger partial charge on any atom is -0.487 e. The average molecular weight is 362 g/mol. The van der Waals surface area contributed by atoms with Gasteiger partial charge in [-0.1, -0.05) is 29.5 Å². The van der Waals surface area contributed by atoms with E-state index >= 15 is 0 Å². The minimum atomic E-state index is 0.0714. The van der Waals surface area contributed by atoms with Crippen LogP contribution in [0.5, 0.6) is 5.75 Å². The quantitative estimate of drug-likeness (QED) is 0.699. The van der Waals surface area contributed by atoms with Crippen molar-refractivity contribution in [2.45, 2.75) is 26.5 Å². The summed E-state index contributed by atoms with van der Waals surface area (Å²) in [5.41, 5.74) is 3.85. The van der Waals surface area contributed by atoms with Crippen LogP contribution in [0.1, 0.15) is 33.2 Å². The molecule has 1 fully saturated rings. The van der Waals surface area contributed by atoms with Crippen molar-refractivity contribution in [3.05, 3.63) is 77.1 Å². The fraction of sp³-hybridized carbons (Fsp3) is 0.286. The Morgan fingerprint density at radius 1 is 1.11 bits per heavy atom. The van der Waals surface area contributed by atoms with Gasteiger partial charge in [-0.05, 0) is 49.2 Å². The number of carbonyl (C=O) groups excluding carboxylic acids is 1. The molecule has 2 aromatic carbocycles. The number of hydrogen-bond acceptors (Lipinski definition) is 4. The molecule has 27 heavy (non-hydrogen) atoms. The number of amides is 1. The highest BCUT2D eigenvalue weighted by molar-refractivity contribution is 5.95. The van der Waals surface area contributed by atoms with Crippen LogP contribution in [0.15, 0.2) is 54.7 Å². The van der Waals surface area contributed by atoms with Gasteiger partial charge in [0.1, 0.15) is 18.1 Å². The average Bonchev–Trinajstić information content (AvgIpc) is 3.10. The zero-order valence-corrected chi connectivity index (χ0v) is 15.5. The molecule has 1 aliphatic rings. The molecule has 1 amide bonds. The summed E-state index contributed by atoms with van der Waals surface area (Å²) in [7, 11) is 0. The number of aromatic nitrogens is 3. The van der Waals surface area contributed by atoms with E-state index < -0.39 is 0 Å². The third-order valence-electron chi connectivity index (χ3n) is 4.97. The molecule has 6 heteroatoms. The number of nitrogens with zero attached hydrogens (tertiary/aromatic N) is 4. The summed E-state index contributed by atoms with van der Waals surface area (Å²) in [5, 5.41) is 8.36. The Morgan fingerprint density at radius 2 is 1.89 bits per heavy atom. The summed E-state index contributed by atoms with van der Waals surface area (Å²) < 4.78 is 7.52. The summed E-state index contributed by atoms with van der Waals surface area (Å²) in [6, 6.07) is 15.6. The molecule has 1 aromatic heterocycles. The standard InChI is InChI=1S/C21H22N4O2/c1-15-8-9-17(10-16(15)2)21(26)24-12-19(13-24)25-11-18(22-23-25)14-27-20-6-4-3-5-7-20/h3-11,19H,12-14H2,1-2H3. The van der Waals surface area contributed by atoms with Crippen LogP contribution >= 0.6 is 0 Å². The van der Waals surface area contributed by atoms with Gasteiger partial charge >= 0.3 is 0 Å². The Balaban J connectivity index is 1.32. The molecular formula is C21H22N4O2. The molecule has 138 valence electrons. The molecule has 4 rings (SSSR count). The highest BCUT2D eigenvalue weighted by Gasteiger charge is 2.33. The van der Waals surface area contributed by atoms with Crippen molar-refractivity contribution in [1.82, 2.24) is 19.9 Å². The summed E-state index contributed by atoms with van der Waals surface area (Å²) in [6.07, 6.45) is 1.89. The maximum Gasteiger partial charge on any atom is 0.254 e. The number of aryl methyl sites for hydroxylation is 2. The van der Waals surface area contributed by atoms with Crippen LogP contribution in [0.3, 0.4) is 0 Å².